The summed E-state index contributed by atoms with van der Waals surface area (Å²) in [6, 6.07) is 5.80. The van der Waals surface area contributed by atoms with Crippen LogP contribution in [0.3, 0.4) is 0 Å². The van der Waals surface area contributed by atoms with Crippen LogP contribution >= 0.6 is 0 Å². The minimum atomic E-state index is -0.313. The summed E-state index contributed by atoms with van der Waals surface area (Å²) in [5, 5.41) is 14.5. The lowest BCUT2D eigenvalue weighted by molar-refractivity contribution is -0.385. The number of nitrogens with one attached hydrogen (secondary N) is 1. The van der Waals surface area contributed by atoms with E-state index in [4.69, 9.17) is 0 Å². The maximum atomic E-state index is 11.0. The highest BCUT2D eigenvalue weighted by Crippen LogP contribution is 2.37. The predicted molar refractivity (Wildman–Crippen MR) is 77.5 cm³/mol. The summed E-state index contributed by atoms with van der Waals surface area (Å²) in [6.07, 6.45) is 4.85. The van der Waals surface area contributed by atoms with Crippen molar-refractivity contribution in [1.82, 2.24) is 0 Å². The van der Waals surface area contributed by atoms with Gasteiger partial charge in [-0.2, -0.15) is 0 Å². The summed E-state index contributed by atoms with van der Waals surface area (Å²) in [5.41, 5.74) is 2.01. The molecule has 1 N–H and O–H groups in total. The van der Waals surface area contributed by atoms with Gasteiger partial charge in [0.05, 0.1) is 4.92 Å². The van der Waals surface area contributed by atoms with E-state index in [-0.39, 0.29) is 16.0 Å². The van der Waals surface area contributed by atoms with Gasteiger partial charge in [0.15, 0.2) is 0 Å². The third-order valence-corrected chi connectivity index (χ3v) is 4.25. The Bertz CT molecular complexity index is 483. The summed E-state index contributed by atoms with van der Waals surface area (Å²) in [4.78, 5) is 10.7. The molecular formula is C15H22N2O2. The molecule has 2 rings (SSSR count). The third kappa shape index (κ3) is 3.06. The summed E-state index contributed by atoms with van der Waals surface area (Å²) in [6.45, 7) is 6.31. The van der Waals surface area contributed by atoms with Gasteiger partial charge in [0.2, 0.25) is 0 Å². The zero-order chi connectivity index (χ0) is 14.0. The van der Waals surface area contributed by atoms with Crippen LogP contribution < -0.4 is 5.32 Å². The number of benzene rings is 1. The molecule has 1 fully saturated rings. The molecule has 1 atom stereocenters. The first-order valence-corrected chi connectivity index (χ1v) is 6.92. The van der Waals surface area contributed by atoms with Gasteiger partial charge in [-0.25, -0.2) is 0 Å². The molecule has 0 amide bonds. The van der Waals surface area contributed by atoms with Gasteiger partial charge in [-0.1, -0.05) is 32.8 Å². The van der Waals surface area contributed by atoms with Crippen LogP contribution in [0.25, 0.3) is 0 Å². The van der Waals surface area contributed by atoms with Crippen molar-refractivity contribution in [2.75, 3.05) is 5.32 Å². The fraction of sp³-hybridized carbons (Fsp3) is 0.600. The van der Waals surface area contributed by atoms with Crippen molar-refractivity contribution < 1.29 is 4.92 Å². The van der Waals surface area contributed by atoms with Crippen molar-refractivity contribution in [2.45, 2.75) is 52.5 Å². The molecule has 19 heavy (non-hydrogen) atoms. The number of nitrogens with zero attached hydrogens (tertiary/aromatic N) is 1. The number of anilines is 1. The average molecular weight is 262 g/mol. The molecule has 1 aliphatic rings. The Labute approximate surface area is 114 Å². The molecular weight excluding hydrogens is 240 g/mol. The molecule has 104 valence electrons. The smallest absolute Gasteiger partial charge is 0.274 e. The summed E-state index contributed by atoms with van der Waals surface area (Å²) in [7, 11) is 0. The number of nitro groups is 1. The van der Waals surface area contributed by atoms with E-state index in [1.54, 1.807) is 13.0 Å². The second-order valence-corrected chi connectivity index (χ2v) is 6.19. The molecule has 1 aliphatic carbocycles. The van der Waals surface area contributed by atoms with Crippen molar-refractivity contribution >= 4 is 11.4 Å². The first kappa shape index (κ1) is 13.8. The number of nitro benzene ring substituents is 1. The topological polar surface area (TPSA) is 55.2 Å². The molecule has 0 heterocycles. The van der Waals surface area contributed by atoms with Crippen LogP contribution in [0.2, 0.25) is 0 Å². The lowest BCUT2D eigenvalue weighted by Gasteiger charge is -2.39. The highest BCUT2D eigenvalue weighted by atomic mass is 16.6. The van der Waals surface area contributed by atoms with Gasteiger partial charge in [-0.05, 0) is 31.2 Å². The Morgan fingerprint density at radius 1 is 1.37 bits per heavy atom. The van der Waals surface area contributed by atoms with Crippen molar-refractivity contribution in [3.63, 3.8) is 0 Å². The lowest BCUT2D eigenvalue weighted by atomic mass is 9.73. The van der Waals surface area contributed by atoms with Gasteiger partial charge in [-0.3, -0.25) is 10.1 Å². The van der Waals surface area contributed by atoms with Crippen LogP contribution in [0, 0.1) is 22.5 Å². The Morgan fingerprint density at radius 2 is 2.11 bits per heavy atom. The van der Waals surface area contributed by atoms with Crippen LogP contribution in [0.4, 0.5) is 11.4 Å². The largest absolute Gasteiger partial charge is 0.382 e. The van der Waals surface area contributed by atoms with E-state index >= 15 is 0 Å². The summed E-state index contributed by atoms with van der Waals surface area (Å²) >= 11 is 0. The van der Waals surface area contributed by atoms with Gasteiger partial charge in [0.25, 0.3) is 5.69 Å². The number of hydrogen-bond donors (Lipinski definition) is 1. The van der Waals surface area contributed by atoms with Gasteiger partial charge < -0.3 is 5.32 Å². The fourth-order valence-corrected chi connectivity index (χ4v) is 2.86. The molecule has 0 saturated heterocycles. The van der Waals surface area contributed by atoms with Gasteiger partial charge in [0.1, 0.15) is 0 Å². The molecule has 0 bridgehead atoms. The number of hydrogen-bond acceptors (Lipinski definition) is 3. The average Bonchev–Trinajstić information content (AvgIpc) is 2.33. The standard InChI is InChI=1S/C15H22N2O2/c1-11-7-8-12(10-13(11)17(18)19)16-14-6-4-5-9-15(14,2)3/h7-8,10,14,16H,4-6,9H2,1-3H3. The molecule has 0 radical (unpaired) electrons. The van der Waals surface area contributed by atoms with Gasteiger partial charge in [0, 0.05) is 23.4 Å². The molecule has 4 nitrogen and oxygen atoms in total. The monoisotopic (exact) mass is 262 g/mol. The Hall–Kier alpha value is -1.58. The van der Waals surface area contributed by atoms with Gasteiger partial charge >= 0.3 is 0 Å². The fourth-order valence-electron chi connectivity index (χ4n) is 2.86. The maximum Gasteiger partial charge on any atom is 0.274 e. The van der Waals surface area contributed by atoms with E-state index in [0.717, 1.165) is 12.1 Å². The second-order valence-electron chi connectivity index (χ2n) is 6.19. The lowest BCUT2D eigenvalue weighted by Crippen LogP contribution is -2.38. The Morgan fingerprint density at radius 3 is 2.74 bits per heavy atom. The minimum Gasteiger partial charge on any atom is -0.382 e. The van der Waals surface area contributed by atoms with Crippen molar-refractivity contribution in [2.24, 2.45) is 5.41 Å². The maximum absolute atomic E-state index is 11.0. The van der Waals surface area contributed by atoms with E-state index in [2.05, 4.69) is 19.2 Å². The zero-order valence-corrected chi connectivity index (χ0v) is 11.9. The number of aryl methyl sites for hydroxylation is 1. The van der Waals surface area contributed by atoms with Crippen LogP contribution in [0.1, 0.15) is 45.1 Å². The molecule has 4 heteroatoms. The van der Waals surface area contributed by atoms with E-state index in [9.17, 15) is 10.1 Å². The van der Waals surface area contributed by atoms with Crippen LogP contribution in [0.5, 0.6) is 0 Å². The normalized spacial score (nSPS) is 21.9. The van der Waals surface area contributed by atoms with Crippen molar-refractivity contribution in [1.29, 1.82) is 0 Å². The SMILES string of the molecule is Cc1ccc(NC2CCCCC2(C)C)cc1[N+](=O)[O-]. The van der Waals surface area contributed by atoms with Crippen LogP contribution in [-0.2, 0) is 0 Å². The van der Waals surface area contributed by atoms with E-state index in [0.29, 0.717) is 11.6 Å². The second kappa shape index (κ2) is 5.19. The summed E-state index contributed by atoms with van der Waals surface area (Å²) < 4.78 is 0. The Kier molecular flexibility index (Phi) is 3.78. The molecule has 1 saturated carbocycles. The van der Waals surface area contributed by atoms with Crippen LogP contribution in [0.15, 0.2) is 18.2 Å². The first-order valence-electron chi connectivity index (χ1n) is 6.92. The molecule has 1 aromatic carbocycles. The number of rotatable bonds is 3. The quantitative estimate of drug-likeness (QED) is 0.653. The molecule has 0 aliphatic heterocycles. The minimum absolute atomic E-state index is 0.193. The van der Waals surface area contributed by atoms with E-state index in [1.165, 1.54) is 19.3 Å². The zero-order valence-electron chi connectivity index (χ0n) is 11.9. The molecule has 0 spiro atoms. The van der Waals surface area contributed by atoms with Crippen LogP contribution in [-0.4, -0.2) is 11.0 Å². The third-order valence-electron chi connectivity index (χ3n) is 4.25. The molecule has 1 aromatic rings. The van der Waals surface area contributed by atoms with E-state index in [1.807, 2.05) is 12.1 Å². The van der Waals surface area contributed by atoms with Gasteiger partial charge in [-0.15, -0.1) is 0 Å². The Balaban J connectivity index is 2.19. The highest BCUT2D eigenvalue weighted by molar-refractivity contribution is 5.55. The predicted octanol–water partition coefficient (Wildman–Crippen LogP) is 4.28. The first-order chi connectivity index (χ1) is 8.90. The summed E-state index contributed by atoms with van der Waals surface area (Å²) in [5.74, 6) is 0. The highest BCUT2D eigenvalue weighted by Gasteiger charge is 2.32. The molecule has 1 unspecified atom stereocenters. The van der Waals surface area contributed by atoms with Crippen molar-refractivity contribution in [3.05, 3.63) is 33.9 Å². The van der Waals surface area contributed by atoms with E-state index < -0.39 is 0 Å². The van der Waals surface area contributed by atoms with Crippen molar-refractivity contribution in [3.8, 4) is 0 Å². The molecule has 0 aromatic heterocycles.